The summed E-state index contributed by atoms with van der Waals surface area (Å²) in [7, 11) is 3.81. The largest absolute Gasteiger partial charge is 0.369 e. The number of amides is 1. The molecule has 0 bridgehead atoms. The fraction of sp³-hybridized carbons (Fsp3) is 0.667. The van der Waals surface area contributed by atoms with Gasteiger partial charge in [0.15, 0.2) is 0 Å². The lowest BCUT2D eigenvalue weighted by Crippen LogP contribution is -2.35. The molecule has 200 valence electrons. The van der Waals surface area contributed by atoms with Crippen LogP contribution < -0.4 is 10.6 Å². The van der Waals surface area contributed by atoms with Gasteiger partial charge in [-0.3, -0.25) is 9.48 Å². The lowest BCUT2D eigenvalue weighted by Gasteiger charge is -2.28. The minimum Gasteiger partial charge on any atom is -0.369 e. The Morgan fingerprint density at radius 2 is 2.06 bits per heavy atom. The monoisotopic (exact) mass is 526 g/mol. The smallest absolute Gasteiger partial charge is 0.268 e. The Balaban J connectivity index is 1.61. The summed E-state index contributed by atoms with van der Waals surface area (Å²) in [5.41, 5.74) is 1.26. The van der Waals surface area contributed by atoms with E-state index in [2.05, 4.69) is 37.6 Å². The summed E-state index contributed by atoms with van der Waals surface area (Å²) in [6.45, 7) is 6.73. The Hall–Kier alpha value is -2.53. The first kappa shape index (κ1) is 28.0. The number of nitrogens with zero attached hydrogens (tertiary/aromatic N) is 6. The maximum atomic E-state index is 13.6. The van der Waals surface area contributed by atoms with Gasteiger partial charge in [-0.05, 0) is 52.7 Å². The number of piperidine rings is 1. The van der Waals surface area contributed by atoms with Crippen molar-refractivity contribution < 1.29 is 13.6 Å². The molecule has 2 aromatic heterocycles. The number of likely N-dealkylation sites (tertiary alicyclic amines) is 1. The number of hydrogen-bond acceptors (Lipinski definition) is 7. The van der Waals surface area contributed by atoms with Crippen molar-refractivity contribution in [3.63, 3.8) is 0 Å². The van der Waals surface area contributed by atoms with Gasteiger partial charge in [-0.1, -0.05) is 13.3 Å². The van der Waals surface area contributed by atoms with Crippen LogP contribution >= 0.6 is 11.6 Å². The molecule has 12 heteroatoms. The summed E-state index contributed by atoms with van der Waals surface area (Å²) < 4.78 is 29.1. The van der Waals surface area contributed by atoms with Crippen molar-refractivity contribution in [3.8, 4) is 0 Å². The lowest BCUT2D eigenvalue weighted by molar-refractivity contribution is -0.129. The highest BCUT2D eigenvalue weighted by Gasteiger charge is 2.22. The van der Waals surface area contributed by atoms with Crippen molar-refractivity contribution in [2.75, 3.05) is 50.9 Å². The molecule has 1 aliphatic rings. The van der Waals surface area contributed by atoms with Gasteiger partial charge in [0.1, 0.15) is 11.2 Å². The zero-order valence-electron chi connectivity index (χ0n) is 21.5. The van der Waals surface area contributed by atoms with Crippen LogP contribution in [0.15, 0.2) is 12.4 Å². The molecule has 1 atom stereocenters. The number of anilines is 3. The second kappa shape index (κ2) is 13.1. The Morgan fingerprint density at radius 1 is 1.33 bits per heavy atom. The van der Waals surface area contributed by atoms with E-state index in [1.54, 1.807) is 11.9 Å². The van der Waals surface area contributed by atoms with E-state index < -0.39 is 11.8 Å². The van der Waals surface area contributed by atoms with E-state index in [9.17, 15) is 13.6 Å². The summed E-state index contributed by atoms with van der Waals surface area (Å²) in [5.74, 6) is 0.152. The van der Waals surface area contributed by atoms with Crippen LogP contribution in [0.5, 0.6) is 0 Å². The third-order valence-electron chi connectivity index (χ3n) is 6.43. The molecule has 2 N–H and O–H groups in total. The van der Waals surface area contributed by atoms with Crippen molar-refractivity contribution in [2.24, 2.45) is 0 Å². The maximum absolute atomic E-state index is 13.6. The van der Waals surface area contributed by atoms with E-state index in [1.807, 2.05) is 24.7 Å². The number of halogens is 3. The Bertz CT molecular complexity index is 996. The second-order valence-electron chi connectivity index (χ2n) is 9.36. The Kier molecular flexibility index (Phi) is 10.2. The average molecular weight is 527 g/mol. The molecule has 1 fully saturated rings. The molecular formula is C24H37ClF2N8O. The minimum absolute atomic E-state index is 0.0676. The zero-order valence-corrected chi connectivity index (χ0v) is 22.2. The maximum Gasteiger partial charge on any atom is 0.268 e. The number of carbonyl (C=O) groups is 1. The molecular weight excluding hydrogens is 490 g/mol. The van der Waals surface area contributed by atoms with Gasteiger partial charge >= 0.3 is 0 Å². The fourth-order valence-corrected chi connectivity index (χ4v) is 4.56. The van der Waals surface area contributed by atoms with Gasteiger partial charge in [-0.15, -0.1) is 11.6 Å². The van der Waals surface area contributed by atoms with Gasteiger partial charge < -0.3 is 20.4 Å². The Morgan fingerprint density at radius 3 is 2.72 bits per heavy atom. The van der Waals surface area contributed by atoms with Crippen LogP contribution in [0.25, 0.3) is 0 Å². The normalized spacial score (nSPS) is 15.8. The molecule has 36 heavy (non-hydrogen) atoms. The van der Waals surface area contributed by atoms with Gasteiger partial charge in [-0.2, -0.15) is 10.1 Å². The molecule has 3 rings (SSSR count). The molecule has 1 amide bonds. The fourth-order valence-electron chi connectivity index (χ4n) is 4.17. The van der Waals surface area contributed by atoms with E-state index in [4.69, 9.17) is 11.6 Å². The number of aromatic nitrogens is 4. The standard InChI is InChI=1S/C24H37ClF2N8O/c1-5-7-19(25)23(36)34(4)11-6-10-28-22-18(21(26)27)14-29-24(31-22)30-20-15-35(32-16(20)2)17-8-12-33(3)13-9-17/h14-15,17,19,21H,5-13H2,1-4H3,(H2,28,29,30,31). The number of rotatable bonds is 12. The number of alkyl halides is 3. The van der Waals surface area contributed by atoms with Gasteiger partial charge in [0.05, 0.1) is 23.0 Å². The van der Waals surface area contributed by atoms with Crippen molar-refractivity contribution in [2.45, 2.75) is 63.8 Å². The molecule has 1 saturated heterocycles. The van der Waals surface area contributed by atoms with Crippen LogP contribution in [0.1, 0.15) is 62.8 Å². The summed E-state index contributed by atoms with van der Waals surface area (Å²) in [6, 6.07) is 0.330. The molecule has 1 aliphatic heterocycles. The highest BCUT2D eigenvalue weighted by molar-refractivity contribution is 6.30. The molecule has 1 unspecified atom stereocenters. The van der Waals surface area contributed by atoms with Crippen LogP contribution in [-0.2, 0) is 4.79 Å². The predicted octanol–water partition coefficient (Wildman–Crippen LogP) is 4.60. The van der Waals surface area contributed by atoms with Gasteiger partial charge in [0.25, 0.3) is 6.43 Å². The topological polar surface area (TPSA) is 91.2 Å². The van der Waals surface area contributed by atoms with Crippen molar-refractivity contribution in [1.29, 1.82) is 0 Å². The minimum atomic E-state index is -2.72. The number of aryl methyl sites for hydroxylation is 1. The summed E-state index contributed by atoms with van der Waals surface area (Å²) in [5, 5.41) is 10.2. The van der Waals surface area contributed by atoms with Crippen LogP contribution in [0, 0.1) is 6.92 Å². The molecule has 9 nitrogen and oxygen atoms in total. The SMILES string of the molecule is CCCC(Cl)C(=O)N(C)CCCNc1nc(Nc2cn(C3CCN(C)CC3)nc2C)ncc1C(F)F. The number of carbonyl (C=O) groups excluding carboxylic acids is 1. The van der Waals surface area contributed by atoms with Crippen LogP contribution in [0.4, 0.5) is 26.2 Å². The highest BCUT2D eigenvalue weighted by atomic mass is 35.5. The van der Waals surface area contributed by atoms with Crippen LogP contribution in [0.2, 0.25) is 0 Å². The third kappa shape index (κ3) is 7.49. The highest BCUT2D eigenvalue weighted by Crippen LogP contribution is 2.28. The first-order chi connectivity index (χ1) is 17.2. The van der Waals surface area contributed by atoms with Crippen molar-refractivity contribution >= 4 is 35.0 Å². The van der Waals surface area contributed by atoms with E-state index in [0.717, 1.165) is 49.9 Å². The molecule has 0 radical (unpaired) electrons. The van der Waals surface area contributed by atoms with Crippen LogP contribution in [0.3, 0.4) is 0 Å². The quantitative estimate of drug-likeness (QED) is 0.308. The number of nitrogens with one attached hydrogen (secondary N) is 2. The Labute approximate surface area is 216 Å². The molecule has 0 aliphatic carbocycles. The predicted molar refractivity (Wildman–Crippen MR) is 138 cm³/mol. The summed E-state index contributed by atoms with van der Waals surface area (Å²) in [4.78, 5) is 24.5. The first-order valence-corrected chi connectivity index (χ1v) is 12.9. The molecule has 0 spiro atoms. The zero-order chi connectivity index (χ0) is 26.2. The van der Waals surface area contributed by atoms with Gasteiger partial charge in [-0.25, -0.2) is 13.8 Å². The van der Waals surface area contributed by atoms with Crippen LogP contribution in [-0.4, -0.2) is 81.1 Å². The van der Waals surface area contributed by atoms with Gasteiger partial charge in [0, 0.05) is 32.5 Å². The molecule has 0 saturated carbocycles. The summed E-state index contributed by atoms with van der Waals surface area (Å²) in [6.07, 6.45) is 4.39. The van der Waals surface area contributed by atoms with Crippen molar-refractivity contribution in [3.05, 3.63) is 23.7 Å². The van der Waals surface area contributed by atoms with Gasteiger partial charge in [0.2, 0.25) is 11.9 Å². The van der Waals surface area contributed by atoms with E-state index in [-0.39, 0.29) is 23.2 Å². The molecule has 0 aromatic carbocycles. The third-order valence-corrected chi connectivity index (χ3v) is 6.83. The second-order valence-corrected chi connectivity index (χ2v) is 9.89. The average Bonchev–Trinajstić information content (AvgIpc) is 3.21. The lowest BCUT2D eigenvalue weighted by atomic mass is 10.1. The van der Waals surface area contributed by atoms with Crippen molar-refractivity contribution in [1.82, 2.24) is 29.5 Å². The number of hydrogen-bond donors (Lipinski definition) is 2. The van der Waals surface area contributed by atoms with E-state index in [0.29, 0.717) is 32.0 Å². The molecule has 3 heterocycles. The first-order valence-electron chi connectivity index (χ1n) is 12.5. The summed E-state index contributed by atoms with van der Waals surface area (Å²) >= 11 is 6.11. The van der Waals surface area contributed by atoms with E-state index in [1.165, 1.54) is 0 Å². The molecule has 2 aromatic rings. The van der Waals surface area contributed by atoms with E-state index >= 15 is 0 Å².